The average Bonchev–Trinajstić information content (AvgIpc) is 2.96. The van der Waals surface area contributed by atoms with Gasteiger partial charge >= 0.3 is 5.97 Å². The molecule has 0 heterocycles. The minimum Gasteiger partial charge on any atom is -0.469 e. The maximum Gasteiger partial charge on any atom is 0.306 e. The molecule has 0 bridgehead atoms. The third kappa shape index (κ3) is 2.80. The smallest absolute Gasteiger partial charge is 0.306 e. The summed E-state index contributed by atoms with van der Waals surface area (Å²) in [7, 11) is 1.43. The minimum atomic E-state index is -0.124. The molecule has 2 aliphatic rings. The summed E-state index contributed by atoms with van der Waals surface area (Å²) in [5.74, 6) is 2.32. The van der Waals surface area contributed by atoms with Crippen LogP contribution in [-0.2, 0) is 9.53 Å². The molecule has 2 rings (SSSR count). The zero-order valence-electron chi connectivity index (χ0n) is 9.03. The molecular weight excluding hydrogens is 288 g/mol. The van der Waals surface area contributed by atoms with Crippen molar-refractivity contribution in [3.05, 3.63) is 33.9 Å². The number of allylic oxidation sites excluding steroid dienone is 5. The number of fused-ring (bicyclic) bond motifs is 1. The number of methoxy groups -OCH3 is 1. The molecule has 0 aromatic rings. The predicted molar refractivity (Wildman–Crippen MR) is 70.6 cm³/mol. The van der Waals surface area contributed by atoms with E-state index in [1.54, 1.807) is 11.8 Å². The first-order valence-electron chi connectivity index (χ1n) is 5.15. The summed E-state index contributed by atoms with van der Waals surface area (Å²) in [4.78, 5) is 10.9. The second-order valence-corrected chi connectivity index (χ2v) is 5.75. The van der Waals surface area contributed by atoms with Crippen LogP contribution in [0, 0.1) is 5.92 Å². The molecule has 0 fully saturated rings. The second-order valence-electron chi connectivity index (χ2n) is 3.73. The highest BCUT2D eigenvalue weighted by Gasteiger charge is 2.33. The molecule has 0 amide bonds. The fourth-order valence-electron chi connectivity index (χ4n) is 1.71. The lowest BCUT2D eigenvalue weighted by molar-refractivity contribution is -0.140. The normalized spacial score (nSPS) is 21.6. The Morgan fingerprint density at radius 3 is 3.12 bits per heavy atom. The number of halogens is 1. The second kappa shape index (κ2) is 5.23. The Labute approximate surface area is 108 Å². The molecule has 0 N–H and O–H groups in total. The standard InChI is InChI=1S/C12H13BrO2S/c1-15-12(14)4-5-16-7-11-9-3-2-8(13)6-10(9)11/h2-3,6,9H,4-5,7H2,1H3/t9-/m0/s1. The van der Waals surface area contributed by atoms with E-state index in [0.717, 1.165) is 16.0 Å². The average molecular weight is 301 g/mol. The van der Waals surface area contributed by atoms with Crippen molar-refractivity contribution in [1.82, 2.24) is 0 Å². The van der Waals surface area contributed by atoms with Gasteiger partial charge < -0.3 is 4.74 Å². The van der Waals surface area contributed by atoms with E-state index in [2.05, 4.69) is 38.9 Å². The third-order valence-electron chi connectivity index (χ3n) is 2.67. The summed E-state index contributed by atoms with van der Waals surface area (Å²) in [5.41, 5.74) is 2.94. The number of ether oxygens (including phenoxy) is 1. The van der Waals surface area contributed by atoms with Crippen LogP contribution in [0.1, 0.15) is 6.42 Å². The molecule has 2 nitrogen and oxygen atoms in total. The van der Waals surface area contributed by atoms with Crippen molar-refractivity contribution < 1.29 is 9.53 Å². The predicted octanol–water partition coefficient (Wildman–Crippen LogP) is 3.06. The number of hydrogen-bond donors (Lipinski definition) is 0. The molecule has 0 unspecified atom stereocenters. The topological polar surface area (TPSA) is 26.3 Å². The number of carbonyl (C=O) groups is 1. The Morgan fingerprint density at radius 1 is 1.62 bits per heavy atom. The molecule has 0 radical (unpaired) electrons. The van der Waals surface area contributed by atoms with Crippen LogP contribution in [0.15, 0.2) is 33.9 Å². The molecule has 1 atom stereocenters. The van der Waals surface area contributed by atoms with Gasteiger partial charge in [0, 0.05) is 21.9 Å². The fourth-order valence-corrected chi connectivity index (χ4v) is 3.13. The summed E-state index contributed by atoms with van der Waals surface area (Å²) in [6.07, 6.45) is 7.00. The van der Waals surface area contributed by atoms with Gasteiger partial charge in [-0.05, 0) is 17.2 Å². The van der Waals surface area contributed by atoms with Crippen molar-refractivity contribution in [3.8, 4) is 0 Å². The minimum absolute atomic E-state index is 0.124. The van der Waals surface area contributed by atoms with Gasteiger partial charge in [0.15, 0.2) is 0 Å². The van der Waals surface area contributed by atoms with Crippen LogP contribution < -0.4 is 0 Å². The van der Waals surface area contributed by atoms with Crippen molar-refractivity contribution in [2.24, 2.45) is 5.92 Å². The highest BCUT2D eigenvalue weighted by molar-refractivity contribution is 9.11. The lowest BCUT2D eigenvalue weighted by Crippen LogP contribution is -2.01. The van der Waals surface area contributed by atoms with E-state index in [1.165, 1.54) is 18.3 Å². The number of rotatable bonds is 5. The third-order valence-corrected chi connectivity index (χ3v) is 4.18. The molecule has 0 aromatic carbocycles. The first-order valence-corrected chi connectivity index (χ1v) is 7.10. The number of hydrogen-bond acceptors (Lipinski definition) is 3. The van der Waals surface area contributed by atoms with Crippen LogP contribution >= 0.6 is 27.7 Å². The van der Waals surface area contributed by atoms with Crippen molar-refractivity contribution >= 4 is 33.7 Å². The molecule has 0 aliphatic heterocycles. The van der Waals surface area contributed by atoms with E-state index >= 15 is 0 Å². The molecule has 16 heavy (non-hydrogen) atoms. The van der Waals surface area contributed by atoms with Crippen molar-refractivity contribution in [2.45, 2.75) is 6.42 Å². The van der Waals surface area contributed by atoms with E-state index in [9.17, 15) is 4.79 Å². The van der Waals surface area contributed by atoms with Gasteiger partial charge in [-0.3, -0.25) is 4.79 Å². The van der Waals surface area contributed by atoms with E-state index < -0.39 is 0 Å². The van der Waals surface area contributed by atoms with Crippen LogP contribution in [0.25, 0.3) is 0 Å². The summed E-state index contributed by atoms with van der Waals surface area (Å²) in [6.45, 7) is 0. The largest absolute Gasteiger partial charge is 0.469 e. The molecule has 2 aliphatic carbocycles. The lowest BCUT2D eigenvalue weighted by Gasteiger charge is -1.99. The fraction of sp³-hybridized carbons (Fsp3) is 0.417. The van der Waals surface area contributed by atoms with Crippen LogP contribution in [0.3, 0.4) is 0 Å². The Hall–Kier alpha value is -0.480. The molecule has 0 spiro atoms. The van der Waals surface area contributed by atoms with Crippen LogP contribution in [0.5, 0.6) is 0 Å². The monoisotopic (exact) mass is 300 g/mol. The van der Waals surface area contributed by atoms with Crippen LogP contribution in [0.2, 0.25) is 0 Å². The summed E-state index contributed by atoms with van der Waals surface area (Å²) in [6, 6.07) is 0. The molecule has 0 saturated heterocycles. The Bertz CT molecular complexity index is 396. The zero-order chi connectivity index (χ0) is 11.5. The highest BCUT2D eigenvalue weighted by Crippen LogP contribution is 2.46. The quantitative estimate of drug-likeness (QED) is 0.577. The van der Waals surface area contributed by atoms with Gasteiger partial charge in [0.05, 0.1) is 13.5 Å². The maximum atomic E-state index is 10.9. The van der Waals surface area contributed by atoms with E-state index in [-0.39, 0.29) is 5.97 Å². The number of carbonyl (C=O) groups excluding carboxylic acids is 1. The highest BCUT2D eigenvalue weighted by atomic mass is 79.9. The lowest BCUT2D eigenvalue weighted by atomic mass is 10.2. The van der Waals surface area contributed by atoms with Crippen LogP contribution in [-0.4, -0.2) is 24.6 Å². The van der Waals surface area contributed by atoms with E-state index in [1.807, 2.05) is 0 Å². The SMILES string of the molecule is COC(=O)CCSCC1=C2C=C(Br)C=C[C@@H]21. The van der Waals surface area contributed by atoms with Crippen molar-refractivity contribution in [3.63, 3.8) is 0 Å². The van der Waals surface area contributed by atoms with Gasteiger partial charge in [-0.25, -0.2) is 0 Å². The Morgan fingerprint density at radius 2 is 2.44 bits per heavy atom. The molecule has 4 heteroatoms. The van der Waals surface area contributed by atoms with Gasteiger partial charge in [-0.1, -0.05) is 28.1 Å². The van der Waals surface area contributed by atoms with Crippen LogP contribution in [0.4, 0.5) is 0 Å². The molecular formula is C12H13BrO2S. The first-order chi connectivity index (χ1) is 7.72. The van der Waals surface area contributed by atoms with Crippen molar-refractivity contribution in [2.75, 3.05) is 18.6 Å². The van der Waals surface area contributed by atoms with E-state index in [0.29, 0.717) is 12.3 Å². The summed E-state index contributed by atoms with van der Waals surface area (Å²) >= 11 is 5.26. The molecule has 0 aromatic heterocycles. The van der Waals surface area contributed by atoms with Crippen molar-refractivity contribution in [1.29, 1.82) is 0 Å². The Kier molecular flexibility index (Phi) is 3.92. The van der Waals surface area contributed by atoms with Gasteiger partial charge in [0.2, 0.25) is 0 Å². The number of esters is 1. The van der Waals surface area contributed by atoms with Gasteiger partial charge in [0.1, 0.15) is 0 Å². The Balaban J connectivity index is 1.70. The zero-order valence-corrected chi connectivity index (χ0v) is 11.4. The first kappa shape index (κ1) is 12.0. The maximum absolute atomic E-state index is 10.9. The molecule has 86 valence electrons. The van der Waals surface area contributed by atoms with E-state index in [4.69, 9.17) is 0 Å². The summed E-state index contributed by atoms with van der Waals surface area (Å²) in [5, 5.41) is 0. The summed E-state index contributed by atoms with van der Waals surface area (Å²) < 4.78 is 5.74. The molecule has 0 saturated carbocycles. The van der Waals surface area contributed by atoms with Gasteiger partial charge in [-0.15, -0.1) is 0 Å². The van der Waals surface area contributed by atoms with Gasteiger partial charge in [0.25, 0.3) is 0 Å². The van der Waals surface area contributed by atoms with Gasteiger partial charge in [-0.2, -0.15) is 11.8 Å². The number of thioether (sulfide) groups is 1.